The van der Waals surface area contributed by atoms with Gasteiger partial charge < -0.3 is 4.74 Å². The van der Waals surface area contributed by atoms with E-state index in [9.17, 15) is 8.78 Å². The number of hydrogen-bond donors (Lipinski definition) is 0. The zero-order valence-corrected chi connectivity index (χ0v) is 10.1. The average Bonchev–Trinajstić information content (AvgIpc) is 2.17. The first-order valence-corrected chi connectivity index (χ1v) is 5.63. The predicted molar refractivity (Wildman–Crippen MR) is 59.7 cm³/mol. The summed E-state index contributed by atoms with van der Waals surface area (Å²) < 4.78 is 31.1. The Morgan fingerprint density at radius 3 is 2.73 bits per heavy atom. The standard InChI is InChI=1S/C11H13BrF2O/c1-2-3-7-15-10-6-4-5-9(8-10)11(12,13)14/h4-6,8H,2-3,7H2,1H3. The lowest BCUT2D eigenvalue weighted by atomic mass is 10.2. The quantitative estimate of drug-likeness (QED) is 0.576. The Hall–Kier alpha value is -0.640. The molecule has 0 spiro atoms. The second-order valence-electron chi connectivity index (χ2n) is 3.23. The maximum atomic E-state index is 12.9. The molecule has 0 radical (unpaired) electrons. The third-order valence-electron chi connectivity index (χ3n) is 1.93. The molecule has 0 amide bonds. The van der Waals surface area contributed by atoms with E-state index in [2.05, 4.69) is 15.9 Å². The second-order valence-corrected chi connectivity index (χ2v) is 4.22. The predicted octanol–water partition coefficient (Wildman–Crippen LogP) is 4.31. The molecule has 1 aromatic carbocycles. The van der Waals surface area contributed by atoms with E-state index < -0.39 is 4.83 Å². The second kappa shape index (κ2) is 5.45. The molecule has 0 bridgehead atoms. The molecule has 0 unspecified atom stereocenters. The third-order valence-corrected chi connectivity index (χ3v) is 2.39. The fraction of sp³-hybridized carbons (Fsp3) is 0.455. The smallest absolute Gasteiger partial charge is 0.326 e. The molecule has 0 aliphatic heterocycles. The zero-order chi connectivity index (χ0) is 11.3. The molecule has 0 atom stereocenters. The highest BCUT2D eigenvalue weighted by atomic mass is 79.9. The van der Waals surface area contributed by atoms with Crippen LogP contribution in [0, 0.1) is 0 Å². The minimum Gasteiger partial charge on any atom is -0.494 e. The Morgan fingerprint density at radius 1 is 1.40 bits per heavy atom. The summed E-state index contributed by atoms with van der Waals surface area (Å²) in [6.07, 6.45) is 1.95. The van der Waals surface area contributed by atoms with Crippen LogP contribution < -0.4 is 4.74 Å². The van der Waals surface area contributed by atoms with Crippen LogP contribution in [0.5, 0.6) is 5.75 Å². The van der Waals surface area contributed by atoms with Crippen molar-refractivity contribution in [3.05, 3.63) is 29.8 Å². The molecular weight excluding hydrogens is 266 g/mol. The van der Waals surface area contributed by atoms with Gasteiger partial charge in [0.2, 0.25) is 0 Å². The van der Waals surface area contributed by atoms with Crippen molar-refractivity contribution in [1.29, 1.82) is 0 Å². The van der Waals surface area contributed by atoms with Crippen molar-refractivity contribution in [2.24, 2.45) is 0 Å². The number of alkyl halides is 3. The summed E-state index contributed by atoms with van der Waals surface area (Å²) in [5, 5.41) is 0. The number of benzene rings is 1. The van der Waals surface area contributed by atoms with Crippen LogP contribution in [-0.2, 0) is 4.83 Å². The molecule has 1 aromatic rings. The van der Waals surface area contributed by atoms with Gasteiger partial charge in [-0.1, -0.05) is 25.5 Å². The van der Waals surface area contributed by atoms with Gasteiger partial charge in [0.25, 0.3) is 0 Å². The van der Waals surface area contributed by atoms with E-state index >= 15 is 0 Å². The average molecular weight is 279 g/mol. The largest absolute Gasteiger partial charge is 0.494 e. The fourth-order valence-corrected chi connectivity index (χ4v) is 1.34. The van der Waals surface area contributed by atoms with E-state index in [1.807, 2.05) is 6.92 Å². The van der Waals surface area contributed by atoms with Gasteiger partial charge in [-0.3, -0.25) is 0 Å². The van der Waals surface area contributed by atoms with Gasteiger partial charge in [0, 0.05) is 5.56 Å². The molecule has 15 heavy (non-hydrogen) atoms. The number of unbranched alkanes of at least 4 members (excludes halogenated alkanes) is 1. The number of ether oxygens (including phenoxy) is 1. The van der Waals surface area contributed by atoms with Crippen LogP contribution in [-0.4, -0.2) is 6.61 Å². The van der Waals surface area contributed by atoms with E-state index in [1.54, 1.807) is 12.1 Å². The van der Waals surface area contributed by atoms with Gasteiger partial charge in [0.15, 0.2) is 0 Å². The van der Waals surface area contributed by atoms with Gasteiger partial charge in [0.05, 0.1) is 6.61 Å². The molecule has 0 aliphatic carbocycles. The van der Waals surface area contributed by atoms with Crippen molar-refractivity contribution in [2.75, 3.05) is 6.61 Å². The zero-order valence-electron chi connectivity index (χ0n) is 8.47. The van der Waals surface area contributed by atoms with E-state index in [1.165, 1.54) is 12.1 Å². The minimum absolute atomic E-state index is 0.0866. The minimum atomic E-state index is -2.99. The van der Waals surface area contributed by atoms with Crippen molar-refractivity contribution in [1.82, 2.24) is 0 Å². The summed E-state index contributed by atoms with van der Waals surface area (Å²) in [7, 11) is 0. The normalized spacial score (nSPS) is 11.5. The van der Waals surface area contributed by atoms with Crippen molar-refractivity contribution in [3.63, 3.8) is 0 Å². The molecule has 0 aromatic heterocycles. The third kappa shape index (κ3) is 4.16. The Balaban J connectivity index is 2.66. The summed E-state index contributed by atoms with van der Waals surface area (Å²) in [4.78, 5) is -2.99. The Bertz CT molecular complexity index is 310. The number of halogens is 3. The van der Waals surface area contributed by atoms with Gasteiger partial charge in [-0.05, 0) is 34.5 Å². The molecule has 0 saturated carbocycles. The Kier molecular flexibility index (Phi) is 4.51. The first kappa shape index (κ1) is 12.4. The van der Waals surface area contributed by atoms with Crippen LogP contribution in [0.15, 0.2) is 24.3 Å². The lowest BCUT2D eigenvalue weighted by Gasteiger charge is -2.11. The summed E-state index contributed by atoms with van der Waals surface area (Å²) in [6.45, 7) is 2.61. The van der Waals surface area contributed by atoms with Crippen molar-refractivity contribution < 1.29 is 13.5 Å². The molecule has 0 saturated heterocycles. The van der Waals surface area contributed by atoms with Gasteiger partial charge in [-0.25, -0.2) is 0 Å². The van der Waals surface area contributed by atoms with Crippen LogP contribution in [0.4, 0.5) is 8.78 Å². The van der Waals surface area contributed by atoms with Crippen LogP contribution >= 0.6 is 15.9 Å². The first-order valence-electron chi connectivity index (χ1n) is 4.84. The summed E-state index contributed by atoms with van der Waals surface area (Å²) >= 11 is 2.31. The SMILES string of the molecule is CCCCOc1cccc(C(F)(F)Br)c1. The van der Waals surface area contributed by atoms with Crippen molar-refractivity contribution in [2.45, 2.75) is 24.6 Å². The Labute approximate surface area is 96.6 Å². The molecule has 0 fully saturated rings. The number of hydrogen-bond acceptors (Lipinski definition) is 1. The van der Waals surface area contributed by atoms with Crippen LogP contribution in [0.25, 0.3) is 0 Å². The lowest BCUT2D eigenvalue weighted by Crippen LogP contribution is -2.03. The highest BCUT2D eigenvalue weighted by Gasteiger charge is 2.26. The van der Waals surface area contributed by atoms with Gasteiger partial charge in [0.1, 0.15) is 5.75 Å². The molecule has 1 rings (SSSR count). The highest BCUT2D eigenvalue weighted by molar-refractivity contribution is 9.09. The summed E-state index contributed by atoms with van der Waals surface area (Å²) in [6, 6.07) is 5.95. The highest BCUT2D eigenvalue weighted by Crippen LogP contribution is 2.35. The fourth-order valence-electron chi connectivity index (χ4n) is 1.10. The van der Waals surface area contributed by atoms with Crippen LogP contribution in [0.1, 0.15) is 25.3 Å². The number of rotatable bonds is 5. The maximum Gasteiger partial charge on any atom is 0.326 e. The lowest BCUT2D eigenvalue weighted by molar-refractivity contribution is 0.114. The van der Waals surface area contributed by atoms with E-state index in [0.717, 1.165) is 12.8 Å². The maximum absolute atomic E-state index is 12.9. The van der Waals surface area contributed by atoms with Crippen LogP contribution in [0.3, 0.4) is 0 Å². The van der Waals surface area contributed by atoms with Crippen LogP contribution in [0.2, 0.25) is 0 Å². The first-order chi connectivity index (χ1) is 7.04. The Morgan fingerprint density at radius 2 is 2.13 bits per heavy atom. The molecule has 4 heteroatoms. The molecule has 1 nitrogen and oxygen atoms in total. The van der Waals surface area contributed by atoms with Crippen molar-refractivity contribution in [3.8, 4) is 5.75 Å². The molecule has 0 aliphatic rings. The van der Waals surface area contributed by atoms with E-state index in [4.69, 9.17) is 4.74 Å². The molecular formula is C11H13BrF2O. The van der Waals surface area contributed by atoms with E-state index in [-0.39, 0.29) is 5.56 Å². The van der Waals surface area contributed by atoms with Crippen molar-refractivity contribution >= 4 is 15.9 Å². The monoisotopic (exact) mass is 278 g/mol. The summed E-state index contributed by atoms with van der Waals surface area (Å²) in [5.41, 5.74) is -0.0866. The van der Waals surface area contributed by atoms with Gasteiger partial charge >= 0.3 is 4.83 Å². The molecule has 0 heterocycles. The molecule has 0 N–H and O–H groups in total. The topological polar surface area (TPSA) is 9.23 Å². The van der Waals surface area contributed by atoms with Gasteiger partial charge in [-0.2, -0.15) is 8.78 Å². The van der Waals surface area contributed by atoms with Gasteiger partial charge in [-0.15, -0.1) is 0 Å². The molecule has 84 valence electrons. The van der Waals surface area contributed by atoms with E-state index in [0.29, 0.717) is 12.4 Å². The summed E-state index contributed by atoms with van der Waals surface area (Å²) in [5.74, 6) is 0.486.